The first-order valence-corrected chi connectivity index (χ1v) is 38.2. The fourth-order valence-corrected chi connectivity index (χ4v) is 13.5. The summed E-state index contributed by atoms with van der Waals surface area (Å²) in [7, 11) is 0. The molecule has 0 aliphatic carbocycles. The van der Waals surface area contributed by atoms with Crippen LogP contribution in [0.25, 0.3) is 32.6 Å². The number of aliphatic hydroxyl groups excluding tert-OH is 1. The Morgan fingerprint density at radius 3 is 1.48 bits per heavy atom. The molecule has 3 heterocycles. The fourth-order valence-electron chi connectivity index (χ4n) is 12.6. The molecule has 0 radical (unpaired) electrons. The SMILES string of the molecule is CC(C)[C@@H]1NC(=O)[C@H](Cc2c[nH]c3ccccc23)NC(=O)[C@H](C(C)C)NC(=O)[C@H](C(C)C)NC(=O)[C@H](Cc2c[nH]c3ccccc23)NC(=O)[C@H](CC(N)=O)NC(=O)[C@H](CCCCN)NC(=O)CNC(=O)[C@H](CO)NC(=O)[C@H](CCCNC(=N)N)NC(=O)[C@@H](Cc2ccc3ccccc3c2)NC(=O)CSC[C@@H](C(N)=O)NC1=O. The van der Waals surface area contributed by atoms with E-state index in [-0.39, 0.29) is 63.8 Å². The van der Waals surface area contributed by atoms with Gasteiger partial charge in [-0.3, -0.25) is 72.5 Å². The van der Waals surface area contributed by atoms with Gasteiger partial charge in [0, 0.05) is 65.8 Å². The van der Waals surface area contributed by atoms with E-state index >= 15 is 0 Å². The normalized spacial score (nSPS) is 22.9. The third-order valence-electron chi connectivity index (χ3n) is 18.8. The summed E-state index contributed by atoms with van der Waals surface area (Å²) in [5.74, 6) is -16.7. The minimum atomic E-state index is -1.83. The highest BCUT2D eigenvalue weighted by Gasteiger charge is 2.39. The van der Waals surface area contributed by atoms with Crippen LogP contribution in [0.1, 0.15) is 96.8 Å². The van der Waals surface area contributed by atoms with Gasteiger partial charge in [0.15, 0.2) is 5.96 Å². The maximum atomic E-state index is 15.0. The van der Waals surface area contributed by atoms with Crippen molar-refractivity contribution in [3.05, 3.63) is 120 Å². The number of aromatic nitrogens is 2. The number of carbonyl (C=O) groups excluding carboxylic acids is 14. The van der Waals surface area contributed by atoms with Crippen molar-refractivity contribution in [1.82, 2.24) is 79.1 Å². The highest BCUT2D eigenvalue weighted by Crippen LogP contribution is 2.23. The lowest BCUT2D eigenvalue weighted by Gasteiger charge is -2.30. The van der Waals surface area contributed by atoms with Crippen LogP contribution in [0.3, 0.4) is 0 Å². The number of hydrogen-bond donors (Lipinski definition) is 21. The number of aromatic amines is 2. The topological polar surface area (TPSA) is 575 Å². The van der Waals surface area contributed by atoms with Crippen LogP contribution in [0.5, 0.6) is 0 Å². The van der Waals surface area contributed by atoms with Gasteiger partial charge in [-0.2, -0.15) is 0 Å². The molecule has 35 nitrogen and oxygen atoms in total. The third-order valence-corrected chi connectivity index (χ3v) is 19.8. The molecule has 14 amide bonds. The standard InChI is InChI=1S/C76H104N20O15S/c1-39(2)62-74(110)93-58(65(79)101)37-112-38-61(100)87-53(29-42-24-25-43-16-7-8-17-44(43)28-42)69(105)88-52(23-15-27-82-76(80)81)68(104)92-57(36-97)66(102)85-35-60(99)86-51(22-13-14-26-77)67(103)90-56(32-59(78)98)70(106)89-54(30-45-33-83-49-20-11-9-18-47(45)49)71(107)95-64(41(5)6)75(111)96-63(40(3)4)73(109)91-55(72(108)94-62)31-46-34-84-50-21-12-10-19-48(46)50/h7-12,16-21,24-25,28,33-34,39-41,51-58,62-64,83-84,97H,13-15,22-23,26-27,29-32,35-38,77H2,1-6H3,(H2,78,98)(H2,79,101)(H,85,102)(H,86,99)(H,87,100)(H,88,105)(H,89,106)(H,90,103)(H,91,109)(H,92,104)(H,93,110)(H,94,108)(H,95,107)(H,96,111)(H4,80,81,82)/t51-,52-,53+,54-,55-,56-,57-,58-,62-,63-,64-/m0/s1. The van der Waals surface area contributed by atoms with E-state index in [2.05, 4.69) is 79.1 Å². The zero-order valence-corrected chi connectivity index (χ0v) is 64.2. The predicted molar refractivity (Wildman–Crippen MR) is 420 cm³/mol. The summed E-state index contributed by atoms with van der Waals surface area (Å²) in [6.45, 7) is 7.94. The average molecular weight is 1570 g/mol. The van der Waals surface area contributed by atoms with Crippen molar-refractivity contribution in [1.29, 1.82) is 5.41 Å². The van der Waals surface area contributed by atoms with Crippen LogP contribution in [0.4, 0.5) is 0 Å². The molecule has 4 aromatic carbocycles. The van der Waals surface area contributed by atoms with Crippen LogP contribution >= 0.6 is 11.8 Å². The number of H-pyrrole nitrogens is 2. The molecule has 2 aromatic heterocycles. The van der Waals surface area contributed by atoms with Crippen molar-refractivity contribution in [2.45, 2.75) is 166 Å². The highest BCUT2D eigenvalue weighted by atomic mass is 32.2. The van der Waals surface area contributed by atoms with Crippen LogP contribution in [-0.4, -0.2) is 208 Å². The lowest BCUT2D eigenvalue weighted by Crippen LogP contribution is -2.62. The van der Waals surface area contributed by atoms with Gasteiger partial charge < -0.3 is 107 Å². The minimum Gasteiger partial charge on any atom is -0.394 e. The molecule has 112 heavy (non-hydrogen) atoms. The summed E-state index contributed by atoms with van der Waals surface area (Å²) >= 11 is 0.848. The zero-order chi connectivity index (χ0) is 81.9. The second-order valence-corrected chi connectivity index (χ2v) is 29.6. The Morgan fingerprint density at radius 2 is 0.938 bits per heavy atom. The first-order valence-electron chi connectivity index (χ1n) is 37.1. The van der Waals surface area contributed by atoms with Crippen LogP contribution in [0.2, 0.25) is 0 Å². The van der Waals surface area contributed by atoms with Gasteiger partial charge in [0.2, 0.25) is 82.7 Å². The Bertz CT molecular complexity index is 4370. The molecule has 0 bridgehead atoms. The molecule has 0 saturated carbocycles. The molecular weight excluding hydrogens is 1470 g/mol. The van der Waals surface area contributed by atoms with Crippen molar-refractivity contribution in [3.63, 3.8) is 0 Å². The summed E-state index contributed by atoms with van der Waals surface area (Å²) in [5, 5.41) is 55.1. The van der Waals surface area contributed by atoms with Crippen molar-refractivity contribution < 1.29 is 72.2 Å². The van der Waals surface area contributed by atoms with E-state index in [1.165, 1.54) is 0 Å². The number of amides is 14. The van der Waals surface area contributed by atoms with Crippen molar-refractivity contribution in [2.24, 2.45) is 40.7 Å². The first kappa shape index (κ1) is 87.6. The number of nitrogens with two attached hydrogens (primary N) is 4. The molecule has 0 unspecified atom stereocenters. The van der Waals surface area contributed by atoms with Gasteiger partial charge in [0.25, 0.3) is 0 Å². The van der Waals surface area contributed by atoms with Gasteiger partial charge >= 0.3 is 0 Å². The van der Waals surface area contributed by atoms with Gasteiger partial charge in [-0.15, -0.1) is 11.8 Å². The number of nitrogens with one attached hydrogen (secondary N) is 16. The van der Waals surface area contributed by atoms with Crippen LogP contribution in [-0.2, 0) is 86.4 Å². The molecule has 25 N–H and O–H groups in total. The van der Waals surface area contributed by atoms with E-state index in [9.17, 15) is 72.2 Å². The number of fused-ring (bicyclic) bond motifs is 3. The Hall–Kier alpha value is -11.7. The van der Waals surface area contributed by atoms with Crippen molar-refractivity contribution in [3.8, 4) is 0 Å². The number of primary amides is 2. The molecule has 1 fully saturated rings. The van der Waals surface area contributed by atoms with Crippen molar-refractivity contribution >= 4 is 133 Å². The van der Waals surface area contributed by atoms with E-state index in [0.29, 0.717) is 44.9 Å². The lowest BCUT2D eigenvalue weighted by atomic mass is 9.97. The number of guanidine groups is 1. The number of carbonyl (C=O) groups is 14. The van der Waals surface area contributed by atoms with Crippen LogP contribution in [0, 0.1) is 23.2 Å². The smallest absolute Gasteiger partial charge is 0.245 e. The molecule has 1 saturated heterocycles. The number of aliphatic hydroxyl groups is 1. The van der Waals surface area contributed by atoms with Gasteiger partial charge in [0.05, 0.1) is 25.3 Å². The summed E-state index contributed by atoms with van der Waals surface area (Å²) in [6.07, 6.45) is 2.11. The van der Waals surface area contributed by atoms with E-state index in [1.54, 1.807) is 121 Å². The van der Waals surface area contributed by atoms with Crippen LogP contribution in [0.15, 0.2) is 103 Å². The Balaban J connectivity index is 1.25. The molecule has 604 valence electrons. The van der Waals surface area contributed by atoms with E-state index in [4.69, 9.17) is 28.3 Å². The second-order valence-electron chi connectivity index (χ2n) is 28.6. The predicted octanol–water partition coefficient (Wildman–Crippen LogP) is -2.26. The van der Waals surface area contributed by atoms with Crippen LogP contribution < -0.4 is 92.1 Å². The maximum absolute atomic E-state index is 15.0. The second kappa shape index (κ2) is 42.5. The molecule has 1 aliphatic heterocycles. The molecule has 6 aromatic rings. The van der Waals surface area contributed by atoms with E-state index in [1.807, 2.05) is 24.3 Å². The molecular formula is C76H104N20O15S. The molecule has 1 aliphatic rings. The zero-order valence-electron chi connectivity index (χ0n) is 63.4. The number of unbranched alkanes of at least 4 members (excludes halogenated alkanes) is 1. The van der Waals surface area contributed by atoms with Gasteiger partial charge in [-0.25, -0.2) is 0 Å². The monoisotopic (exact) mass is 1570 g/mol. The van der Waals surface area contributed by atoms with Gasteiger partial charge in [-0.1, -0.05) is 120 Å². The molecule has 0 spiro atoms. The minimum absolute atomic E-state index is 0.0184. The number of thioether (sulfide) groups is 1. The van der Waals surface area contributed by atoms with E-state index in [0.717, 1.165) is 22.5 Å². The van der Waals surface area contributed by atoms with Crippen molar-refractivity contribution in [2.75, 3.05) is 37.7 Å². The summed E-state index contributed by atoms with van der Waals surface area (Å²) in [6, 6.07) is 10.0. The van der Waals surface area contributed by atoms with E-state index < -0.39 is 198 Å². The average Bonchev–Trinajstić information content (AvgIpc) is 1.60. The number of para-hydroxylation sites is 2. The Labute approximate surface area is 651 Å². The first-order chi connectivity index (χ1) is 53.3. The Morgan fingerprint density at radius 1 is 0.491 bits per heavy atom. The summed E-state index contributed by atoms with van der Waals surface area (Å²) in [5.41, 5.74) is 25.9. The molecule has 36 heteroatoms. The third kappa shape index (κ3) is 26.0. The quantitative estimate of drug-likeness (QED) is 0.0205. The molecule has 11 atom stereocenters. The maximum Gasteiger partial charge on any atom is 0.245 e. The Kier molecular flexibility index (Phi) is 33.2. The van der Waals surface area contributed by atoms with Gasteiger partial charge in [-0.05, 0) is 96.0 Å². The van der Waals surface area contributed by atoms with Gasteiger partial charge in [0.1, 0.15) is 66.5 Å². The number of benzene rings is 4. The molecule has 7 rings (SSSR count). The summed E-state index contributed by atoms with van der Waals surface area (Å²) < 4.78 is 0. The number of hydrogen-bond acceptors (Lipinski definition) is 18. The number of rotatable bonds is 21. The lowest BCUT2D eigenvalue weighted by molar-refractivity contribution is -0.137. The summed E-state index contributed by atoms with van der Waals surface area (Å²) in [4.78, 5) is 206. The fraction of sp³-hybridized carbons (Fsp3) is 0.461. The largest absolute Gasteiger partial charge is 0.394 e. The highest BCUT2D eigenvalue weighted by molar-refractivity contribution is 8.00.